The molecule has 0 bridgehead atoms. The second kappa shape index (κ2) is 4.78. The van der Waals surface area contributed by atoms with Gasteiger partial charge < -0.3 is 11.1 Å². The average Bonchev–Trinajstić information content (AvgIpc) is 2.12. The molecule has 4 unspecified atom stereocenters. The van der Waals surface area contributed by atoms with Gasteiger partial charge in [0.05, 0.1) is 6.04 Å². The first-order chi connectivity index (χ1) is 6.52. The van der Waals surface area contributed by atoms with Crippen LogP contribution in [0.5, 0.6) is 0 Å². The molecule has 1 saturated carbocycles. The Morgan fingerprint density at radius 1 is 1.43 bits per heavy atom. The van der Waals surface area contributed by atoms with Crippen LogP contribution in [-0.4, -0.2) is 18.0 Å². The lowest BCUT2D eigenvalue weighted by Gasteiger charge is -2.34. The Kier molecular flexibility index (Phi) is 3.93. The summed E-state index contributed by atoms with van der Waals surface area (Å²) in [4.78, 5) is 11.4. The normalized spacial score (nSPS) is 35.0. The summed E-state index contributed by atoms with van der Waals surface area (Å²) in [5.74, 6) is 1.27. The fourth-order valence-electron chi connectivity index (χ4n) is 2.10. The summed E-state index contributed by atoms with van der Waals surface area (Å²) in [5.41, 5.74) is 5.52. The maximum absolute atomic E-state index is 11.4. The summed E-state index contributed by atoms with van der Waals surface area (Å²) in [6, 6.07) is -0.0586. The maximum Gasteiger partial charge on any atom is 0.236 e. The molecule has 4 atom stereocenters. The van der Waals surface area contributed by atoms with Gasteiger partial charge in [-0.3, -0.25) is 4.79 Å². The van der Waals surface area contributed by atoms with Crippen molar-refractivity contribution in [2.45, 2.75) is 52.1 Å². The molecule has 1 aliphatic carbocycles. The van der Waals surface area contributed by atoms with Crippen molar-refractivity contribution < 1.29 is 4.79 Å². The predicted molar refractivity (Wildman–Crippen MR) is 57.8 cm³/mol. The van der Waals surface area contributed by atoms with Crippen molar-refractivity contribution in [1.29, 1.82) is 0 Å². The van der Waals surface area contributed by atoms with Crippen molar-refractivity contribution in [3.8, 4) is 0 Å². The van der Waals surface area contributed by atoms with Crippen LogP contribution in [0.15, 0.2) is 0 Å². The van der Waals surface area contributed by atoms with Gasteiger partial charge in [0.15, 0.2) is 0 Å². The Morgan fingerprint density at radius 3 is 2.64 bits per heavy atom. The number of hydrogen-bond donors (Lipinski definition) is 2. The molecule has 1 amide bonds. The van der Waals surface area contributed by atoms with Crippen molar-refractivity contribution in [3.63, 3.8) is 0 Å². The van der Waals surface area contributed by atoms with E-state index in [4.69, 9.17) is 5.73 Å². The minimum absolute atomic E-state index is 0.0176. The molecule has 1 rings (SSSR count). The third kappa shape index (κ3) is 2.71. The Bertz CT molecular complexity index is 203. The zero-order valence-electron chi connectivity index (χ0n) is 9.42. The zero-order chi connectivity index (χ0) is 10.7. The fraction of sp³-hybridized carbons (Fsp3) is 0.909. The Hall–Kier alpha value is -0.570. The van der Waals surface area contributed by atoms with Gasteiger partial charge >= 0.3 is 0 Å². The molecular weight excluding hydrogens is 176 g/mol. The highest BCUT2D eigenvalue weighted by molar-refractivity contribution is 5.81. The van der Waals surface area contributed by atoms with Crippen molar-refractivity contribution in [2.24, 2.45) is 17.6 Å². The molecule has 82 valence electrons. The number of amides is 1. The highest BCUT2D eigenvalue weighted by Gasteiger charge is 2.28. The molecule has 0 aliphatic heterocycles. The van der Waals surface area contributed by atoms with Crippen molar-refractivity contribution >= 4 is 5.91 Å². The van der Waals surface area contributed by atoms with E-state index in [1.807, 2.05) is 0 Å². The van der Waals surface area contributed by atoms with E-state index in [9.17, 15) is 4.79 Å². The van der Waals surface area contributed by atoms with E-state index in [0.29, 0.717) is 17.9 Å². The van der Waals surface area contributed by atoms with Gasteiger partial charge in [0.2, 0.25) is 5.91 Å². The maximum atomic E-state index is 11.4. The first kappa shape index (κ1) is 11.5. The van der Waals surface area contributed by atoms with E-state index < -0.39 is 0 Å². The van der Waals surface area contributed by atoms with Crippen LogP contribution in [0.1, 0.15) is 40.0 Å². The molecule has 14 heavy (non-hydrogen) atoms. The highest BCUT2D eigenvalue weighted by Crippen LogP contribution is 2.29. The second-order valence-corrected chi connectivity index (χ2v) is 4.67. The minimum atomic E-state index is -0.389. The van der Waals surface area contributed by atoms with Gasteiger partial charge in [-0.1, -0.05) is 26.7 Å². The van der Waals surface area contributed by atoms with E-state index in [-0.39, 0.29) is 11.9 Å². The molecule has 0 aromatic carbocycles. The molecule has 1 aliphatic rings. The van der Waals surface area contributed by atoms with Crippen LogP contribution in [0.3, 0.4) is 0 Å². The predicted octanol–water partition coefficient (Wildman–Crippen LogP) is 1.27. The third-order valence-corrected chi connectivity index (χ3v) is 3.45. The van der Waals surface area contributed by atoms with Crippen LogP contribution in [0.25, 0.3) is 0 Å². The van der Waals surface area contributed by atoms with Gasteiger partial charge in [0, 0.05) is 6.04 Å². The summed E-state index contributed by atoms with van der Waals surface area (Å²) in [5, 5.41) is 3.03. The third-order valence-electron chi connectivity index (χ3n) is 3.45. The molecule has 3 heteroatoms. The molecule has 3 nitrogen and oxygen atoms in total. The van der Waals surface area contributed by atoms with Gasteiger partial charge in [-0.2, -0.15) is 0 Å². The molecule has 0 aromatic rings. The van der Waals surface area contributed by atoms with E-state index in [0.717, 1.165) is 6.42 Å². The van der Waals surface area contributed by atoms with Crippen molar-refractivity contribution in [3.05, 3.63) is 0 Å². The standard InChI is InChI=1S/C11H22N2O/c1-7-5-4-6-10(8(7)2)13-11(14)9(3)12/h7-10H,4-6,12H2,1-3H3,(H,13,14). The summed E-state index contributed by atoms with van der Waals surface area (Å²) < 4.78 is 0. The van der Waals surface area contributed by atoms with Crippen LogP contribution >= 0.6 is 0 Å². The van der Waals surface area contributed by atoms with Gasteiger partial charge in [-0.05, 0) is 25.2 Å². The monoisotopic (exact) mass is 198 g/mol. The molecule has 0 radical (unpaired) electrons. The Morgan fingerprint density at radius 2 is 2.07 bits per heavy atom. The number of carbonyl (C=O) groups is 1. The zero-order valence-corrected chi connectivity index (χ0v) is 9.42. The lowest BCUT2D eigenvalue weighted by Crippen LogP contribution is -2.48. The van der Waals surface area contributed by atoms with Crippen LogP contribution in [-0.2, 0) is 4.79 Å². The SMILES string of the molecule is CC(N)C(=O)NC1CCCC(C)C1C. The average molecular weight is 198 g/mol. The molecule has 0 heterocycles. The van der Waals surface area contributed by atoms with Crippen LogP contribution in [0.4, 0.5) is 0 Å². The summed E-state index contributed by atoms with van der Waals surface area (Å²) in [6.45, 7) is 6.21. The molecular formula is C11H22N2O. The summed E-state index contributed by atoms with van der Waals surface area (Å²) >= 11 is 0. The molecule has 1 fully saturated rings. The topological polar surface area (TPSA) is 55.1 Å². The lowest BCUT2D eigenvalue weighted by molar-refractivity contribution is -0.123. The lowest BCUT2D eigenvalue weighted by atomic mass is 9.78. The Labute approximate surface area is 86.4 Å². The molecule has 3 N–H and O–H groups in total. The molecule has 0 saturated heterocycles. The number of nitrogens with two attached hydrogens (primary N) is 1. The largest absolute Gasteiger partial charge is 0.352 e. The second-order valence-electron chi connectivity index (χ2n) is 4.67. The Balaban J connectivity index is 2.47. The van der Waals surface area contributed by atoms with Crippen LogP contribution in [0, 0.1) is 11.8 Å². The molecule has 0 spiro atoms. The fourth-order valence-corrected chi connectivity index (χ4v) is 2.10. The van der Waals surface area contributed by atoms with Gasteiger partial charge in [-0.25, -0.2) is 0 Å². The van der Waals surface area contributed by atoms with Crippen molar-refractivity contribution in [1.82, 2.24) is 5.32 Å². The van der Waals surface area contributed by atoms with Crippen LogP contribution < -0.4 is 11.1 Å². The van der Waals surface area contributed by atoms with E-state index in [1.165, 1.54) is 12.8 Å². The van der Waals surface area contributed by atoms with Gasteiger partial charge in [0.1, 0.15) is 0 Å². The smallest absolute Gasteiger partial charge is 0.236 e. The number of nitrogens with one attached hydrogen (secondary N) is 1. The number of carbonyl (C=O) groups excluding carboxylic acids is 1. The highest BCUT2D eigenvalue weighted by atomic mass is 16.2. The first-order valence-corrected chi connectivity index (χ1v) is 5.58. The quantitative estimate of drug-likeness (QED) is 0.702. The number of rotatable bonds is 2. The van der Waals surface area contributed by atoms with Gasteiger partial charge in [0.25, 0.3) is 0 Å². The molecule has 0 aromatic heterocycles. The minimum Gasteiger partial charge on any atom is -0.352 e. The first-order valence-electron chi connectivity index (χ1n) is 5.58. The van der Waals surface area contributed by atoms with E-state index in [2.05, 4.69) is 19.2 Å². The van der Waals surface area contributed by atoms with Crippen molar-refractivity contribution in [2.75, 3.05) is 0 Å². The van der Waals surface area contributed by atoms with E-state index >= 15 is 0 Å². The number of hydrogen-bond acceptors (Lipinski definition) is 2. The summed E-state index contributed by atoms with van der Waals surface area (Å²) in [7, 11) is 0. The van der Waals surface area contributed by atoms with E-state index in [1.54, 1.807) is 6.92 Å². The van der Waals surface area contributed by atoms with Gasteiger partial charge in [-0.15, -0.1) is 0 Å². The van der Waals surface area contributed by atoms with Crippen LogP contribution in [0.2, 0.25) is 0 Å². The summed E-state index contributed by atoms with van der Waals surface area (Å²) in [6.07, 6.45) is 3.60.